The van der Waals surface area contributed by atoms with Gasteiger partial charge >= 0.3 is 6.03 Å². The summed E-state index contributed by atoms with van der Waals surface area (Å²) in [6.07, 6.45) is 2.02. The number of hydrogen-bond acceptors (Lipinski definition) is 3. The summed E-state index contributed by atoms with van der Waals surface area (Å²) in [5.41, 5.74) is 2.75. The molecule has 2 heterocycles. The van der Waals surface area contributed by atoms with Crippen molar-refractivity contribution in [3.8, 4) is 0 Å². The van der Waals surface area contributed by atoms with Gasteiger partial charge in [-0.05, 0) is 12.5 Å². The number of hydrogen-bond donors (Lipinski definition) is 3. The molecule has 7 heteroatoms. The van der Waals surface area contributed by atoms with Gasteiger partial charge in [0.05, 0.1) is 24.3 Å². The van der Waals surface area contributed by atoms with Crippen LogP contribution in [0.2, 0.25) is 0 Å². The lowest BCUT2D eigenvalue weighted by molar-refractivity contribution is -0.126. The third-order valence-electron chi connectivity index (χ3n) is 4.10. The average Bonchev–Trinajstić information content (AvgIpc) is 3.07. The zero-order valence-corrected chi connectivity index (χ0v) is 13.6. The second kappa shape index (κ2) is 7.16. The van der Waals surface area contributed by atoms with E-state index in [4.69, 9.17) is 0 Å². The summed E-state index contributed by atoms with van der Waals surface area (Å²) in [4.78, 5) is 33.8. The summed E-state index contributed by atoms with van der Waals surface area (Å²) in [7, 11) is 0. The van der Waals surface area contributed by atoms with Crippen molar-refractivity contribution in [1.82, 2.24) is 25.5 Å². The van der Waals surface area contributed by atoms with E-state index in [0.29, 0.717) is 26.1 Å². The van der Waals surface area contributed by atoms with Gasteiger partial charge in [0.15, 0.2) is 0 Å². The Morgan fingerprint density at radius 3 is 2.83 bits per heavy atom. The minimum atomic E-state index is -0.559. The molecule has 126 valence electrons. The molecule has 1 unspecified atom stereocenters. The summed E-state index contributed by atoms with van der Waals surface area (Å²) in [5, 5.41) is 5.69. The van der Waals surface area contributed by atoms with Crippen LogP contribution in [0.25, 0.3) is 0 Å². The maximum atomic E-state index is 12.7. The van der Waals surface area contributed by atoms with Crippen molar-refractivity contribution in [2.24, 2.45) is 0 Å². The standard InChI is InChI=1S/C17H21N5O2/c1-2-18-17(24)22-10-14-13(20-11-21-14)8-15(22)16(23)19-9-12-6-4-3-5-7-12/h3-7,11,15H,2,8-10H2,1H3,(H,18,24)(H,19,23)(H,20,21). The van der Waals surface area contributed by atoms with E-state index in [0.717, 1.165) is 17.0 Å². The molecule has 1 aliphatic heterocycles. The lowest BCUT2D eigenvalue weighted by Crippen LogP contribution is -2.55. The van der Waals surface area contributed by atoms with Gasteiger partial charge in [0.25, 0.3) is 0 Å². The van der Waals surface area contributed by atoms with E-state index >= 15 is 0 Å². The maximum absolute atomic E-state index is 12.7. The molecule has 0 spiro atoms. The molecular weight excluding hydrogens is 306 g/mol. The van der Waals surface area contributed by atoms with Crippen LogP contribution in [-0.4, -0.2) is 39.4 Å². The minimum Gasteiger partial charge on any atom is -0.350 e. The van der Waals surface area contributed by atoms with Crippen molar-refractivity contribution in [1.29, 1.82) is 0 Å². The van der Waals surface area contributed by atoms with Crippen LogP contribution < -0.4 is 10.6 Å². The quantitative estimate of drug-likeness (QED) is 0.788. The number of aromatic amines is 1. The van der Waals surface area contributed by atoms with Crippen LogP contribution in [-0.2, 0) is 24.3 Å². The maximum Gasteiger partial charge on any atom is 0.318 e. The van der Waals surface area contributed by atoms with Crippen molar-refractivity contribution in [2.45, 2.75) is 32.5 Å². The van der Waals surface area contributed by atoms with Crippen LogP contribution >= 0.6 is 0 Å². The monoisotopic (exact) mass is 327 g/mol. The van der Waals surface area contributed by atoms with Gasteiger partial charge in [0, 0.05) is 19.5 Å². The molecule has 1 atom stereocenters. The summed E-state index contributed by atoms with van der Waals surface area (Å²) in [6, 6.07) is 8.90. The van der Waals surface area contributed by atoms with Gasteiger partial charge in [0.1, 0.15) is 6.04 Å². The number of fused-ring (bicyclic) bond motifs is 1. The number of benzene rings is 1. The molecule has 1 aromatic carbocycles. The smallest absolute Gasteiger partial charge is 0.318 e. The normalized spacial score (nSPS) is 16.4. The fraction of sp³-hybridized carbons (Fsp3) is 0.353. The van der Waals surface area contributed by atoms with Gasteiger partial charge in [-0.1, -0.05) is 30.3 Å². The van der Waals surface area contributed by atoms with E-state index in [9.17, 15) is 9.59 Å². The van der Waals surface area contributed by atoms with Gasteiger partial charge in [-0.25, -0.2) is 9.78 Å². The Morgan fingerprint density at radius 1 is 1.29 bits per heavy atom. The first kappa shape index (κ1) is 16.0. The lowest BCUT2D eigenvalue weighted by Gasteiger charge is -2.34. The fourth-order valence-electron chi connectivity index (χ4n) is 2.84. The van der Waals surface area contributed by atoms with E-state index < -0.39 is 6.04 Å². The first-order valence-electron chi connectivity index (χ1n) is 8.06. The van der Waals surface area contributed by atoms with Crippen LogP contribution in [0.15, 0.2) is 36.7 Å². The predicted molar refractivity (Wildman–Crippen MR) is 89.0 cm³/mol. The Balaban J connectivity index is 1.72. The molecule has 0 aliphatic carbocycles. The summed E-state index contributed by atoms with van der Waals surface area (Å²) >= 11 is 0. The molecule has 24 heavy (non-hydrogen) atoms. The third kappa shape index (κ3) is 3.40. The molecule has 0 saturated heterocycles. The van der Waals surface area contributed by atoms with Crippen LogP contribution in [0.3, 0.4) is 0 Å². The number of H-pyrrole nitrogens is 1. The predicted octanol–water partition coefficient (Wildman–Crippen LogP) is 1.18. The molecule has 7 nitrogen and oxygen atoms in total. The van der Waals surface area contributed by atoms with E-state index in [2.05, 4.69) is 20.6 Å². The number of nitrogens with one attached hydrogen (secondary N) is 3. The number of aromatic nitrogens is 2. The molecule has 3 rings (SSSR count). The molecule has 0 radical (unpaired) electrons. The number of amides is 3. The largest absolute Gasteiger partial charge is 0.350 e. The zero-order chi connectivity index (χ0) is 16.9. The van der Waals surface area contributed by atoms with Crippen LogP contribution in [0.4, 0.5) is 4.79 Å². The van der Waals surface area contributed by atoms with E-state index in [1.165, 1.54) is 0 Å². The number of nitrogens with zero attached hydrogens (tertiary/aromatic N) is 2. The van der Waals surface area contributed by atoms with Crippen molar-refractivity contribution >= 4 is 11.9 Å². The molecule has 3 N–H and O–H groups in total. The van der Waals surface area contributed by atoms with Gasteiger partial charge in [-0.15, -0.1) is 0 Å². The SMILES string of the molecule is CCNC(=O)N1Cc2[nH]cnc2CC1C(=O)NCc1ccccc1. The second-order valence-electron chi connectivity index (χ2n) is 5.71. The van der Waals surface area contributed by atoms with Gasteiger partial charge < -0.3 is 20.5 Å². The molecule has 2 aromatic rings. The Hall–Kier alpha value is -2.83. The topological polar surface area (TPSA) is 90.1 Å². The fourth-order valence-corrected chi connectivity index (χ4v) is 2.84. The van der Waals surface area contributed by atoms with Crippen molar-refractivity contribution in [3.63, 3.8) is 0 Å². The number of urea groups is 1. The molecular formula is C17H21N5O2. The van der Waals surface area contributed by atoms with Crippen molar-refractivity contribution in [3.05, 3.63) is 53.6 Å². The number of carbonyl (C=O) groups is 2. The summed E-state index contributed by atoms with van der Waals surface area (Å²) in [6.45, 7) is 3.16. The summed E-state index contributed by atoms with van der Waals surface area (Å²) < 4.78 is 0. The highest BCUT2D eigenvalue weighted by Gasteiger charge is 2.35. The zero-order valence-electron chi connectivity index (χ0n) is 13.6. The van der Waals surface area contributed by atoms with E-state index in [1.54, 1.807) is 11.2 Å². The molecule has 3 amide bonds. The van der Waals surface area contributed by atoms with Crippen LogP contribution in [0, 0.1) is 0 Å². The third-order valence-corrected chi connectivity index (χ3v) is 4.10. The molecule has 0 bridgehead atoms. The molecule has 1 aliphatic rings. The summed E-state index contributed by atoms with van der Waals surface area (Å²) in [5.74, 6) is -0.168. The van der Waals surface area contributed by atoms with E-state index in [1.807, 2.05) is 37.3 Å². The van der Waals surface area contributed by atoms with Crippen molar-refractivity contribution < 1.29 is 9.59 Å². The van der Waals surface area contributed by atoms with Crippen LogP contribution in [0.5, 0.6) is 0 Å². The Kier molecular flexibility index (Phi) is 4.79. The highest BCUT2D eigenvalue weighted by molar-refractivity contribution is 5.87. The second-order valence-corrected chi connectivity index (χ2v) is 5.71. The number of carbonyl (C=O) groups excluding carboxylic acids is 2. The number of rotatable bonds is 4. The highest BCUT2D eigenvalue weighted by atomic mass is 16.2. The van der Waals surface area contributed by atoms with Gasteiger partial charge in [-0.2, -0.15) is 0 Å². The van der Waals surface area contributed by atoms with Gasteiger partial charge in [0.2, 0.25) is 5.91 Å². The minimum absolute atomic E-state index is 0.168. The van der Waals surface area contributed by atoms with Gasteiger partial charge in [-0.3, -0.25) is 4.79 Å². The lowest BCUT2D eigenvalue weighted by atomic mass is 10.0. The Morgan fingerprint density at radius 2 is 2.08 bits per heavy atom. The van der Waals surface area contributed by atoms with E-state index in [-0.39, 0.29) is 11.9 Å². The van der Waals surface area contributed by atoms with Crippen LogP contribution in [0.1, 0.15) is 23.9 Å². The Bertz CT molecular complexity index is 713. The first-order valence-corrected chi connectivity index (χ1v) is 8.06. The number of imidazole rings is 1. The first-order chi connectivity index (χ1) is 11.7. The average molecular weight is 327 g/mol. The highest BCUT2D eigenvalue weighted by Crippen LogP contribution is 2.21. The van der Waals surface area contributed by atoms with Crippen molar-refractivity contribution in [2.75, 3.05) is 6.54 Å². The molecule has 0 saturated carbocycles. The molecule has 0 fully saturated rings. The Labute approximate surface area is 140 Å². The molecule has 1 aromatic heterocycles.